The lowest BCUT2D eigenvalue weighted by molar-refractivity contribution is -0.0193. The highest BCUT2D eigenvalue weighted by Gasteiger charge is 2.42. The Balaban J connectivity index is 3.03. The summed E-state index contributed by atoms with van der Waals surface area (Å²) in [6, 6.07) is 3.46. The van der Waals surface area contributed by atoms with Crippen LogP contribution in [-0.2, 0) is 5.92 Å². The molecule has 1 rings (SSSR count). The summed E-state index contributed by atoms with van der Waals surface area (Å²) in [5.41, 5.74) is 1.33. The van der Waals surface area contributed by atoms with Crippen molar-refractivity contribution in [1.82, 2.24) is 0 Å². The number of halogens is 3. The average Bonchev–Trinajstić information content (AvgIpc) is 2.23. The van der Waals surface area contributed by atoms with E-state index >= 15 is 0 Å². The van der Waals surface area contributed by atoms with Crippen LogP contribution in [0.15, 0.2) is 16.6 Å². The van der Waals surface area contributed by atoms with E-state index in [1.807, 2.05) is 13.8 Å². The molecule has 0 amide bonds. The highest BCUT2D eigenvalue weighted by Crippen LogP contribution is 2.46. The molecule has 0 spiro atoms. The summed E-state index contributed by atoms with van der Waals surface area (Å²) in [6.07, 6.45) is 0.0744. The molecule has 0 unspecified atom stereocenters. The lowest BCUT2D eigenvalue weighted by Crippen LogP contribution is -2.39. The Hall–Kier alpha value is -0.263. The molecule has 0 radical (unpaired) electrons. The topological polar surface area (TPSA) is 20.2 Å². The average molecular weight is 379 g/mol. The molecule has 0 saturated heterocycles. The normalized spacial score (nSPS) is 13.6. The van der Waals surface area contributed by atoms with Crippen molar-refractivity contribution in [2.45, 2.75) is 64.6 Å². The van der Waals surface area contributed by atoms with E-state index < -0.39 is 19.3 Å². The van der Waals surface area contributed by atoms with Gasteiger partial charge in [0.2, 0.25) is 0 Å². The van der Waals surface area contributed by atoms with Crippen LogP contribution in [0.1, 0.15) is 43.4 Å². The molecule has 0 aliphatic rings. The quantitative estimate of drug-likeness (QED) is 0.630. The fourth-order valence-corrected chi connectivity index (χ4v) is 3.81. The molecule has 1 N–H and O–H groups in total. The Morgan fingerprint density at radius 2 is 1.52 bits per heavy atom. The summed E-state index contributed by atoms with van der Waals surface area (Å²) in [5.74, 6) is -2.87. The monoisotopic (exact) mass is 378 g/mol. The van der Waals surface area contributed by atoms with Crippen LogP contribution in [0.5, 0.6) is 0 Å². The van der Waals surface area contributed by atoms with Gasteiger partial charge in [-0.1, -0.05) is 29.8 Å². The zero-order chi connectivity index (χ0) is 16.6. The molecule has 1 aromatic carbocycles. The largest absolute Gasteiger partial charge is 0.432 e. The van der Waals surface area contributed by atoms with E-state index in [-0.39, 0.29) is 12.0 Å². The fourth-order valence-electron chi connectivity index (χ4n) is 2.39. The second kappa shape index (κ2) is 6.09. The number of rotatable bonds is 5. The van der Waals surface area contributed by atoms with Crippen LogP contribution in [0.4, 0.5) is 8.78 Å². The second-order valence-corrected chi connectivity index (χ2v) is 12.4. The lowest BCUT2D eigenvalue weighted by atomic mass is 9.92. The lowest BCUT2D eigenvalue weighted by Gasteiger charge is -2.36. The van der Waals surface area contributed by atoms with Crippen LogP contribution >= 0.6 is 15.9 Å². The van der Waals surface area contributed by atoms with Crippen molar-refractivity contribution in [1.29, 1.82) is 0 Å². The minimum atomic E-state index is -2.87. The molecule has 0 atom stereocenters. The summed E-state index contributed by atoms with van der Waals surface area (Å²) < 4.78 is 30.1. The zero-order valence-corrected chi connectivity index (χ0v) is 16.2. The first-order valence-corrected chi connectivity index (χ1v) is 10.9. The molecule has 0 aliphatic heterocycles. The maximum Gasteiger partial charge on any atom is 0.273 e. The van der Waals surface area contributed by atoms with Crippen molar-refractivity contribution in [2.75, 3.05) is 0 Å². The molecule has 0 fully saturated rings. The third-order valence-electron chi connectivity index (χ3n) is 4.58. The number of hydrogen-bond donors (Lipinski definition) is 1. The van der Waals surface area contributed by atoms with E-state index in [1.165, 1.54) is 0 Å². The number of benzene rings is 1. The van der Waals surface area contributed by atoms with Crippen molar-refractivity contribution in [3.63, 3.8) is 0 Å². The van der Waals surface area contributed by atoms with E-state index in [1.54, 1.807) is 39.1 Å². The van der Waals surface area contributed by atoms with E-state index in [2.05, 4.69) is 15.9 Å². The van der Waals surface area contributed by atoms with Crippen LogP contribution in [-0.4, -0.2) is 13.1 Å². The van der Waals surface area contributed by atoms with Crippen molar-refractivity contribution in [3.8, 4) is 0 Å². The highest BCUT2D eigenvalue weighted by molar-refractivity contribution is 9.10. The van der Waals surface area contributed by atoms with E-state index in [0.29, 0.717) is 17.5 Å². The first-order chi connectivity index (χ1) is 9.28. The Morgan fingerprint density at radius 1 is 1.10 bits per heavy atom. The molecule has 0 heterocycles. The standard InChI is InChI=1S/C16H25BrF2OSi/c1-11-9-13(17)10-12(2)14(11)16(18,19)8-7-15(3,4)21(5,6)20/h9-10,20H,7-8H2,1-6H3. The van der Waals surface area contributed by atoms with Gasteiger partial charge in [0.15, 0.2) is 8.32 Å². The Labute approximate surface area is 136 Å². The van der Waals surface area contributed by atoms with Gasteiger partial charge in [-0.15, -0.1) is 0 Å². The van der Waals surface area contributed by atoms with Gasteiger partial charge in [-0.25, -0.2) is 8.78 Å². The van der Waals surface area contributed by atoms with E-state index in [4.69, 9.17) is 0 Å². The fraction of sp³-hybridized carbons (Fsp3) is 0.625. The van der Waals surface area contributed by atoms with Crippen LogP contribution in [0, 0.1) is 13.8 Å². The van der Waals surface area contributed by atoms with Crippen molar-refractivity contribution < 1.29 is 13.6 Å². The summed E-state index contributed by atoms with van der Waals surface area (Å²) in [4.78, 5) is 10.2. The van der Waals surface area contributed by atoms with Gasteiger partial charge in [0, 0.05) is 16.5 Å². The molecule has 0 aromatic heterocycles. The van der Waals surface area contributed by atoms with Gasteiger partial charge in [0.25, 0.3) is 5.92 Å². The molecular weight excluding hydrogens is 354 g/mol. The van der Waals surface area contributed by atoms with Gasteiger partial charge >= 0.3 is 0 Å². The van der Waals surface area contributed by atoms with Gasteiger partial charge in [0.1, 0.15) is 0 Å². The maximum atomic E-state index is 14.6. The van der Waals surface area contributed by atoms with Crippen molar-refractivity contribution in [2.24, 2.45) is 0 Å². The third kappa shape index (κ3) is 4.36. The summed E-state index contributed by atoms with van der Waals surface area (Å²) >= 11 is 3.34. The van der Waals surface area contributed by atoms with Crippen LogP contribution < -0.4 is 0 Å². The van der Waals surface area contributed by atoms with Gasteiger partial charge in [-0.2, -0.15) is 0 Å². The molecule has 21 heavy (non-hydrogen) atoms. The number of hydrogen-bond acceptors (Lipinski definition) is 1. The molecule has 5 heteroatoms. The van der Waals surface area contributed by atoms with Gasteiger partial charge in [-0.05, 0) is 61.7 Å². The SMILES string of the molecule is Cc1cc(Br)cc(C)c1C(F)(F)CCC(C)(C)[Si](C)(C)O. The van der Waals surface area contributed by atoms with Gasteiger partial charge < -0.3 is 4.80 Å². The molecule has 0 aliphatic carbocycles. The summed E-state index contributed by atoms with van der Waals surface area (Å²) in [6.45, 7) is 10.8. The number of alkyl halides is 2. The number of aryl methyl sites for hydroxylation is 2. The maximum absolute atomic E-state index is 14.6. The van der Waals surface area contributed by atoms with Crippen LogP contribution in [0.2, 0.25) is 18.1 Å². The predicted molar refractivity (Wildman–Crippen MR) is 90.5 cm³/mol. The van der Waals surface area contributed by atoms with Crippen LogP contribution in [0.25, 0.3) is 0 Å². The molecule has 120 valence electrons. The van der Waals surface area contributed by atoms with Crippen molar-refractivity contribution in [3.05, 3.63) is 33.3 Å². The molecule has 1 nitrogen and oxygen atoms in total. The molecule has 1 aromatic rings. The second-order valence-electron chi connectivity index (χ2n) is 7.06. The predicted octanol–water partition coefficient (Wildman–Crippen LogP) is 5.92. The smallest absolute Gasteiger partial charge is 0.273 e. The molecule has 0 saturated carbocycles. The molecule has 0 bridgehead atoms. The van der Waals surface area contributed by atoms with E-state index in [9.17, 15) is 13.6 Å². The van der Waals surface area contributed by atoms with Gasteiger partial charge in [0.05, 0.1) is 0 Å². The van der Waals surface area contributed by atoms with Gasteiger partial charge in [-0.3, -0.25) is 0 Å². The third-order valence-corrected chi connectivity index (χ3v) is 8.60. The Bertz CT molecular complexity index is 498. The minimum absolute atomic E-state index is 0.124. The van der Waals surface area contributed by atoms with Crippen LogP contribution in [0.3, 0.4) is 0 Å². The first-order valence-electron chi connectivity index (χ1n) is 7.15. The Kier molecular flexibility index (Phi) is 5.45. The highest BCUT2D eigenvalue weighted by atomic mass is 79.9. The van der Waals surface area contributed by atoms with E-state index in [0.717, 1.165) is 4.47 Å². The van der Waals surface area contributed by atoms with Crippen molar-refractivity contribution >= 4 is 24.2 Å². The summed E-state index contributed by atoms with van der Waals surface area (Å²) in [5, 5.41) is -0.437. The zero-order valence-electron chi connectivity index (χ0n) is 13.7. The minimum Gasteiger partial charge on any atom is -0.432 e. The molecular formula is C16H25BrF2OSi. The summed E-state index contributed by atoms with van der Waals surface area (Å²) in [7, 11) is -2.46. The first kappa shape index (κ1) is 18.8. The Morgan fingerprint density at radius 3 is 1.90 bits per heavy atom.